The van der Waals surface area contributed by atoms with Gasteiger partial charge in [-0.15, -0.1) is 0 Å². The Kier molecular flexibility index (Phi) is 4.02. The summed E-state index contributed by atoms with van der Waals surface area (Å²) in [5.74, 6) is 0. The average molecular weight is 273 g/mol. The van der Waals surface area contributed by atoms with E-state index < -0.39 is 0 Å². The number of hydrogen-bond acceptors (Lipinski definition) is 1. The number of rotatable bonds is 4. The summed E-state index contributed by atoms with van der Waals surface area (Å²) in [6.45, 7) is 0.892. The van der Waals surface area contributed by atoms with Crippen LogP contribution >= 0.6 is 0 Å². The van der Waals surface area contributed by atoms with Crippen LogP contribution in [0.25, 0.3) is 16.8 Å². The summed E-state index contributed by atoms with van der Waals surface area (Å²) in [7, 11) is 2.14. The largest absolute Gasteiger partial charge is 0.370 e. The van der Waals surface area contributed by atoms with Crippen molar-refractivity contribution >= 4 is 22.5 Å². The van der Waals surface area contributed by atoms with E-state index >= 15 is 0 Å². The van der Waals surface area contributed by atoms with Gasteiger partial charge in [0.05, 0.1) is 0 Å². The van der Waals surface area contributed by atoms with Gasteiger partial charge in [-0.05, 0) is 17.0 Å². The topological polar surface area (TPSA) is 3.24 Å². The van der Waals surface area contributed by atoms with E-state index in [4.69, 9.17) is 0 Å². The fraction of sp³-hybridized carbons (Fsp3) is 0.100. The van der Waals surface area contributed by atoms with Crippen molar-refractivity contribution in [3.05, 3.63) is 84.4 Å². The van der Waals surface area contributed by atoms with Crippen molar-refractivity contribution in [2.45, 2.75) is 0 Å². The molecule has 0 N–H and O–H groups in total. The van der Waals surface area contributed by atoms with E-state index in [-0.39, 0.29) is 0 Å². The molecule has 3 aromatic rings. The minimum Gasteiger partial charge on any atom is -0.370 e. The van der Waals surface area contributed by atoms with E-state index in [9.17, 15) is 0 Å². The quantitative estimate of drug-likeness (QED) is 0.647. The molecule has 1 nitrogen and oxygen atoms in total. The summed E-state index contributed by atoms with van der Waals surface area (Å²) in [6, 6.07) is 25.4. The van der Waals surface area contributed by atoms with Gasteiger partial charge in [0, 0.05) is 24.7 Å². The lowest BCUT2D eigenvalue weighted by atomic mass is 10.1. The third-order valence-corrected chi connectivity index (χ3v) is 3.67. The van der Waals surface area contributed by atoms with Gasteiger partial charge < -0.3 is 4.90 Å². The minimum absolute atomic E-state index is 0.892. The van der Waals surface area contributed by atoms with Crippen molar-refractivity contribution in [1.29, 1.82) is 0 Å². The maximum absolute atomic E-state index is 2.28. The Morgan fingerprint density at radius 1 is 0.810 bits per heavy atom. The number of benzene rings is 3. The number of fused-ring (bicyclic) bond motifs is 1. The van der Waals surface area contributed by atoms with Crippen LogP contribution in [-0.4, -0.2) is 13.6 Å². The van der Waals surface area contributed by atoms with Gasteiger partial charge >= 0.3 is 0 Å². The van der Waals surface area contributed by atoms with E-state index in [1.807, 2.05) is 6.07 Å². The smallest absolute Gasteiger partial charge is 0.0446 e. The fourth-order valence-corrected chi connectivity index (χ4v) is 2.55. The first-order chi connectivity index (χ1) is 10.3. The molecule has 0 aliphatic carbocycles. The summed E-state index contributed by atoms with van der Waals surface area (Å²) < 4.78 is 0. The van der Waals surface area contributed by atoms with Gasteiger partial charge in [-0.2, -0.15) is 0 Å². The number of nitrogens with zero attached hydrogens (tertiary/aromatic N) is 1. The van der Waals surface area contributed by atoms with Gasteiger partial charge in [0.25, 0.3) is 0 Å². The molecule has 0 aliphatic heterocycles. The van der Waals surface area contributed by atoms with Crippen LogP contribution in [0.4, 0.5) is 5.69 Å². The Hall–Kier alpha value is -2.54. The van der Waals surface area contributed by atoms with Crippen LogP contribution in [0.1, 0.15) is 5.56 Å². The predicted octanol–water partition coefficient (Wildman–Crippen LogP) is 4.99. The lowest BCUT2D eigenvalue weighted by molar-refractivity contribution is 1.04. The molecule has 0 aromatic heterocycles. The molecule has 0 unspecified atom stereocenters. The normalized spacial score (nSPS) is 11.1. The second-order valence-electron chi connectivity index (χ2n) is 5.19. The molecular weight excluding hydrogens is 254 g/mol. The SMILES string of the molecule is CN(CC=Cc1ccccc1)c1cccc2ccccc12. The lowest BCUT2D eigenvalue weighted by Gasteiger charge is -2.19. The molecule has 3 rings (SSSR count). The summed E-state index contributed by atoms with van der Waals surface area (Å²) in [5.41, 5.74) is 2.51. The highest BCUT2D eigenvalue weighted by molar-refractivity contribution is 5.94. The molecule has 0 spiro atoms. The maximum atomic E-state index is 2.28. The van der Waals surface area contributed by atoms with E-state index in [0.717, 1.165) is 6.54 Å². The second kappa shape index (κ2) is 6.27. The van der Waals surface area contributed by atoms with Crippen molar-refractivity contribution < 1.29 is 0 Å². The van der Waals surface area contributed by atoms with Crippen LogP contribution in [-0.2, 0) is 0 Å². The van der Waals surface area contributed by atoms with Crippen LogP contribution in [0, 0.1) is 0 Å². The minimum atomic E-state index is 0.892. The van der Waals surface area contributed by atoms with E-state index in [1.165, 1.54) is 22.0 Å². The third-order valence-electron chi connectivity index (χ3n) is 3.67. The number of anilines is 1. The predicted molar refractivity (Wildman–Crippen MR) is 92.7 cm³/mol. The van der Waals surface area contributed by atoms with E-state index in [0.29, 0.717) is 0 Å². The number of likely N-dealkylation sites (N-methyl/N-ethyl adjacent to an activating group) is 1. The molecule has 0 bridgehead atoms. The number of hydrogen-bond donors (Lipinski definition) is 0. The van der Waals surface area contributed by atoms with E-state index in [2.05, 4.69) is 90.8 Å². The zero-order valence-corrected chi connectivity index (χ0v) is 12.2. The van der Waals surface area contributed by atoms with Crippen molar-refractivity contribution in [1.82, 2.24) is 0 Å². The third kappa shape index (κ3) is 3.14. The molecule has 0 saturated carbocycles. The zero-order chi connectivity index (χ0) is 14.5. The first-order valence-electron chi connectivity index (χ1n) is 7.25. The summed E-state index contributed by atoms with van der Waals surface area (Å²) >= 11 is 0. The van der Waals surface area contributed by atoms with Crippen LogP contribution in [0.3, 0.4) is 0 Å². The Balaban J connectivity index is 1.78. The second-order valence-corrected chi connectivity index (χ2v) is 5.19. The highest BCUT2D eigenvalue weighted by atomic mass is 15.1. The molecule has 0 saturated heterocycles. The van der Waals surface area contributed by atoms with Crippen molar-refractivity contribution in [2.24, 2.45) is 0 Å². The highest BCUT2D eigenvalue weighted by Crippen LogP contribution is 2.25. The van der Waals surface area contributed by atoms with Crippen LogP contribution in [0.5, 0.6) is 0 Å². The Bertz CT molecular complexity index is 739. The first-order valence-corrected chi connectivity index (χ1v) is 7.25. The fourth-order valence-electron chi connectivity index (χ4n) is 2.55. The summed E-state index contributed by atoms with van der Waals surface area (Å²) in [6.07, 6.45) is 4.37. The Morgan fingerprint density at radius 2 is 1.52 bits per heavy atom. The van der Waals surface area contributed by atoms with Crippen LogP contribution < -0.4 is 4.90 Å². The molecule has 0 heterocycles. The van der Waals surface area contributed by atoms with Gasteiger partial charge in [0.2, 0.25) is 0 Å². The first kappa shape index (κ1) is 13.4. The molecule has 0 radical (unpaired) electrons. The molecule has 0 aliphatic rings. The molecule has 0 fully saturated rings. The van der Waals surface area contributed by atoms with Crippen molar-refractivity contribution in [3.63, 3.8) is 0 Å². The summed E-state index contributed by atoms with van der Waals surface area (Å²) in [4.78, 5) is 2.28. The monoisotopic (exact) mass is 273 g/mol. The Morgan fingerprint density at radius 3 is 2.38 bits per heavy atom. The Labute approximate surface area is 126 Å². The molecule has 104 valence electrons. The lowest BCUT2D eigenvalue weighted by Crippen LogP contribution is -2.16. The van der Waals surface area contributed by atoms with Gasteiger partial charge in [0.1, 0.15) is 0 Å². The van der Waals surface area contributed by atoms with Gasteiger partial charge in [0.15, 0.2) is 0 Å². The van der Waals surface area contributed by atoms with Gasteiger partial charge in [-0.1, -0.05) is 78.9 Å². The van der Waals surface area contributed by atoms with Crippen LogP contribution in [0.2, 0.25) is 0 Å². The standard InChI is InChI=1S/C20H19N/c1-21(16-8-11-17-9-3-2-4-10-17)20-15-7-13-18-12-5-6-14-19(18)20/h2-15H,16H2,1H3. The molecule has 0 amide bonds. The maximum Gasteiger partial charge on any atom is 0.0446 e. The summed E-state index contributed by atoms with van der Waals surface area (Å²) in [5, 5.41) is 2.59. The van der Waals surface area contributed by atoms with Crippen molar-refractivity contribution in [2.75, 3.05) is 18.5 Å². The molecule has 1 heteroatoms. The van der Waals surface area contributed by atoms with Crippen molar-refractivity contribution in [3.8, 4) is 0 Å². The molecule has 0 atom stereocenters. The molecule has 21 heavy (non-hydrogen) atoms. The average Bonchev–Trinajstić information content (AvgIpc) is 2.55. The van der Waals surface area contributed by atoms with E-state index in [1.54, 1.807) is 0 Å². The van der Waals surface area contributed by atoms with Crippen LogP contribution in [0.15, 0.2) is 78.9 Å². The molecule has 3 aromatic carbocycles. The zero-order valence-electron chi connectivity index (χ0n) is 12.2. The highest BCUT2D eigenvalue weighted by Gasteiger charge is 2.03. The molecular formula is C20H19N. The van der Waals surface area contributed by atoms with Gasteiger partial charge in [-0.25, -0.2) is 0 Å². The van der Waals surface area contributed by atoms with Gasteiger partial charge in [-0.3, -0.25) is 0 Å².